The molecule has 0 amide bonds. The van der Waals surface area contributed by atoms with Crippen LogP contribution < -0.4 is 11.5 Å². The normalized spacial score (nSPS) is 31.4. The average molecular weight is 275 g/mol. The van der Waals surface area contributed by atoms with Crippen molar-refractivity contribution in [3.8, 4) is 0 Å². The Morgan fingerprint density at radius 1 is 1.42 bits per heavy atom. The molecule has 19 heavy (non-hydrogen) atoms. The molecule has 0 aromatic heterocycles. The molecule has 0 radical (unpaired) electrons. The molecule has 1 aromatic carbocycles. The van der Waals surface area contributed by atoms with Gasteiger partial charge in [0.1, 0.15) is 18.0 Å². The molecule has 1 aliphatic heterocycles. The van der Waals surface area contributed by atoms with Crippen LogP contribution in [0.15, 0.2) is 18.2 Å². The van der Waals surface area contributed by atoms with Crippen molar-refractivity contribution >= 4 is 5.69 Å². The molecule has 1 aromatic rings. The highest BCUT2D eigenvalue weighted by atomic mass is 19.3. The summed E-state index contributed by atoms with van der Waals surface area (Å²) >= 11 is 0. The van der Waals surface area contributed by atoms with Crippen molar-refractivity contribution in [3.05, 3.63) is 29.6 Å². The molecule has 2 rings (SSSR count). The molecule has 106 valence electrons. The maximum Gasteiger partial charge on any atom is 0.293 e. The van der Waals surface area contributed by atoms with Gasteiger partial charge in [-0.3, -0.25) is 10.6 Å². The van der Waals surface area contributed by atoms with Crippen molar-refractivity contribution in [2.45, 2.75) is 24.7 Å². The van der Waals surface area contributed by atoms with Crippen molar-refractivity contribution in [2.24, 2.45) is 5.73 Å². The Bertz CT molecular complexity index is 497. The van der Waals surface area contributed by atoms with E-state index in [0.717, 1.165) is 11.0 Å². The molecule has 0 spiro atoms. The first kappa shape index (κ1) is 14.1. The van der Waals surface area contributed by atoms with Gasteiger partial charge in [0.15, 0.2) is 6.35 Å². The number of hydrogen-bond acceptors (Lipinski definition) is 4. The topological polar surface area (TPSA) is 64.5 Å². The van der Waals surface area contributed by atoms with Gasteiger partial charge in [-0.2, -0.15) is 0 Å². The standard InChI is InChI=1S/C12H16F3N3O/c1-11(8-5-7(16)3-4-9(8)13)12(14,15)6-19-10(17)18(11)2/h3-5,10H,6,16-17H2,1-2H3/t10?,11-/m1/s1. The Morgan fingerprint density at radius 2 is 2.05 bits per heavy atom. The fourth-order valence-corrected chi connectivity index (χ4v) is 2.26. The first-order valence-corrected chi connectivity index (χ1v) is 5.73. The van der Waals surface area contributed by atoms with Crippen LogP contribution in [0.1, 0.15) is 12.5 Å². The number of halogens is 3. The summed E-state index contributed by atoms with van der Waals surface area (Å²) in [5, 5.41) is 0. The molecule has 7 heteroatoms. The summed E-state index contributed by atoms with van der Waals surface area (Å²) in [5.41, 5.74) is 9.27. The average Bonchev–Trinajstić information content (AvgIpc) is 2.35. The summed E-state index contributed by atoms with van der Waals surface area (Å²) < 4.78 is 47.2. The number of nitrogen functional groups attached to an aromatic ring is 1. The minimum atomic E-state index is -3.30. The molecular weight excluding hydrogens is 259 g/mol. The lowest BCUT2D eigenvalue weighted by Gasteiger charge is -2.50. The molecule has 1 unspecified atom stereocenters. The quantitative estimate of drug-likeness (QED) is 0.762. The van der Waals surface area contributed by atoms with E-state index in [0.29, 0.717) is 0 Å². The van der Waals surface area contributed by atoms with Crippen LogP contribution in [0.25, 0.3) is 0 Å². The number of alkyl halides is 2. The smallest absolute Gasteiger partial charge is 0.293 e. The number of anilines is 1. The maximum absolute atomic E-state index is 14.2. The van der Waals surface area contributed by atoms with E-state index in [9.17, 15) is 13.2 Å². The van der Waals surface area contributed by atoms with E-state index in [4.69, 9.17) is 16.2 Å². The summed E-state index contributed by atoms with van der Waals surface area (Å²) in [6, 6.07) is 3.60. The van der Waals surface area contributed by atoms with Crippen LogP contribution in [0.3, 0.4) is 0 Å². The van der Waals surface area contributed by atoms with Crippen LogP contribution in [0, 0.1) is 5.82 Å². The van der Waals surface area contributed by atoms with E-state index in [1.807, 2.05) is 0 Å². The highest BCUT2D eigenvalue weighted by Gasteiger charge is 2.59. The molecule has 2 atom stereocenters. The van der Waals surface area contributed by atoms with Crippen molar-refractivity contribution in [1.29, 1.82) is 0 Å². The van der Waals surface area contributed by atoms with Gasteiger partial charge < -0.3 is 10.5 Å². The van der Waals surface area contributed by atoms with Gasteiger partial charge in [-0.05, 0) is 32.2 Å². The van der Waals surface area contributed by atoms with Crippen molar-refractivity contribution < 1.29 is 17.9 Å². The highest BCUT2D eigenvalue weighted by Crippen LogP contribution is 2.46. The van der Waals surface area contributed by atoms with E-state index in [-0.39, 0.29) is 11.3 Å². The van der Waals surface area contributed by atoms with Crippen LogP contribution in [-0.4, -0.2) is 30.8 Å². The lowest BCUT2D eigenvalue weighted by molar-refractivity contribution is -0.272. The molecule has 1 fully saturated rings. The third-order valence-corrected chi connectivity index (χ3v) is 3.75. The minimum Gasteiger partial charge on any atom is -0.399 e. The summed E-state index contributed by atoms with van der Waals surface area (Å²) in [6.07, 6.45) is -1.04. The number of nitrogens with two attached hydrogens (primary N) is 2. The number of benzene rings is 1. The van der Waals surface area contributed by atoms with Crippen molar-refractivity contribution in [2.75, 3.05) is 19.4 Å². The van der Waals surface area contributed by atoms with Crippen molar-refractivity contribution in [3.63, 3.8) is 0 Å². The molecule has 0 bridgehead atoms. The van der Waals surface area contributed by atoms with Gasteiger partial charge in [-0.1, -0.05) is 0 Å². The van der Waals surface area contributed by atoms with Crippen LogP contribution in [0.5, 0.6) is 0 Å². The third kappa shape index (κ3) is 1.98. The Balaban J connectivity index is 2.62. The van der Waals surface area contributed by atoms with Gasteiger partial charge in [0.05, 0.1) is 0 Å². The van der Waals surface area contributed by atoms with Crippen LogP contribution in [-0.2, 0) is 10.3 Å². The largest absolute Gasteiger partial charge is 0.399 e. The number of rotatable bonds is 1. The number of ether oxygens (including phenoxy) is 1. The lowest BCUT2D eigenvalue weighted by Crippen LogP contribution is -2.67. The minimum absolute atomic E-state index is 0.196. The first-order valence-electron chi connectivity index (χ1n) is 5.73. The zero-order valence-corrected chi connectivity index (χ0v) is 10.7. The van der Waals surface area contributed by atoms with Gasteiger partial charge in [0.2, 0.25) is 0 Å². The predicted octanol–water partition coefficient (Wildman–Crippen LogP) is 1.46. The Hall–Kier alpha value is -1.31. The fraction of sp³-hybridized carbons (Fsp3) is 0.500. The molecule has 1 heterocycles. The Morgan fingerprint density at radius 3 is 2.68 bits per heavy atom. The maximum atomic E-state index is 14.2. The van der Waals surface area contributed by atoms with E-state index in [2.05, 4.69) is 0 Å². The van der Waals surface area contributed by atoms with Crippen LogP contribution in [0.2, 0.25) is 0 Å². The Labute approximate surface area is 109 Å². The van der Waals surface area contributed by atoms with Gasteiger partial charge >= 0.3 is 0 Å². The van der Waals surface area contributed by atoms with E-state index >= 15 is 0 Å². The lowest BCUT2D eigenvalue weighted by atomic mass is 9.82. The fourth-order valence-electron chi connectivity index (χ4n) is 2.26. The molecule has 4 N–H and O–H groups in total. The molecule has 1 saturated heterocycles. The van der Waals surface area contributed by atoms with Gasteiger partial charge in [0, 0.05) is 11.3 Å². The van der Waals surface area contributed by atoms with Gasteiger partial charge in [0.25, 0.3) is 5.92 Å². The van der Waals surface area contributed by atoms with Crippen LogP contribution in [0.4, 0.5) is 18.9 Å². The number of hydrogen-bond donors (Lipinski definition) is 2. The monoisotopic (exact) mass is 275 g/mol. The zero-order valence-electron chi connectivity index (χ0n) is 10.7. The summed E-state index contributed by atoms with van der Waals surface area (Å²) in [4.78, 5) is 1.11. The summed E-state index contributed by atoms with van der Waals surface area (Å²) in [5.74, 6) is -4.05. The second-order valence-electron chi connectivity index (χ2n) is 4.83. The second-order valence-corrected chi connectivity index (χ2v) is 4.83. The first-order chi connectivity index (χ1) is 8.70. The number of nitrogens with zero attached hydrogens (tertiary/aromatic N) is 1. The second kappa shape index (κ2) is 4.36. The van der Waals surface area contributed by atoms with E-state index < -0.39 is 30.2 Å². The zero-order chi connectivity index (χ0) is 14.4. The van der Waals surface area contributed by atoms with E-state index in [1.54, 1.807) is 0 Å². The van der Waals surface area contributed by atoms with E-state index in [1.165, 1.54) is 26.1 Å². The molecule has 4 nitrogen and oxygen atoms in total. The molecule has 1 aliphatic rings. The van der Waals surface area contributed by atoms with Crippen LogP contribution >= 0.6 is 0 Å². The SMILES string of the molecule is CN1C(N)OCC(F)(F)[C@@]1(C)c1cc(N)ccc1F. The predicted molar refractivity (Wildman–Crippen MR) is 64.8 cm³/mol. The Kier molecular flexibility index (Phi) is 3.24. The third-order valence-electron chi connectivity index (χ3n) is 3.75. The van der Waals surface area contributed by atoms with Gasteiger partial charge in [-0.25, -0.2) is 13.2 Å². The molecule has 0 saturated carbocycles. The van der Waals surface area contributed by atoms with Crippen molar-refractivity contribution in [1.82, 2.24) is 4.90 Å². The molecule has 0 aliphatic carbocycles. The van der Waals surface area contributed by atoms with Gasteiger partial charge in [-0.15, -0.1) is 0 Å². The summed E-state index contributed by atoms with van der Waals surface area (Å²) in [6.45, 7) is 0.358. The summed E-state index contributed by atoms with van der Waals surface area (Å²) in [7, 11) is 1.36. The molecular formula is C12H16F3N3O. The highest BCUT2D eigenvalue weighted by molar-refractivity contribution is 5.45.